The van der Waals surface area contributed by atoms with Gasteiger partial charge in [0.1, 0.15) is 17.5 Å². The molecule has 0 amide bonds. The first-order valence-corrected chi connectivity index (χ1v) is 8.16. The van der Waals surface area contributed by atoms with Crippen LogP contribution in [0.3, 0.4) is 0 Å². The molecule has 2 N–H and O–H groups in total. The normalized spacial score (nSPS) is 17.8. The SMILES string of the molecule is CNc1nc(C(C)(C)C)nc(NC(C)C2CCCC2)c1C. The van der Waals surface area contributed by atoms with Gasteiger partial charge in [0.2, 0.25) is 0 Å². The molecule has 0 saturated heterocycles. The molecule has 1 atom stereocenters. The molecular formula is C17H30N4. The summed E-state index contributed by atoms with van der Waals surface area (Å²) in [6.07, 6.45) is 5.41. The van der Waals surface area contributed by atoms with Crippen molar-refractivity contribution < 1.29 is 0 Å². The molecule has 21 heavy (non-hydrogen) atoms. The van der Waals surface area contributed by atoms with Crippen molar-refractivity contribution in [2.75, 3.05) is 17.7 Å². The number of aromatic nitrogens is 2. The molecule has 1 unspecified atom stereocenters. The topological polar surface area (TPSA) is 49.8 Å². The average molecular weight is 290 g/mol. The van der Waals surface area contributed by atoms with Gasteiger partial charge in [0.05, 0.1) is 0 Å². The smallest absolute Gasteiger partial charge is 0.138 e. The van der Waals surface area contributed by atoms with Crippen LogP contribution in [0.2, 0.25) is 0 Å². The first-order chi connectivity index (χ1) is 9.82. The first kappa shape index (κ1) is 16.1. The summed E-state index contributed by atoms with van der Waals surface area (Å²) in [6, 6.07) is 0.471. The highest BCUT2D eigenvalue weighted by atomic mass is 15.1. The number of rotatable bonds is 4. The summed E-state index contributed by atoms with van der Waals surface area (Å²) in [5.41, 5.74) is 1.06. The summed E-state index contributed by atoms with van der Waals surface area (Å²) in [5, 5.41) is 6.85. The molecule has 1 saturated carbocycles. The number of nitrogens with one attached hydrogen (secondary N) is 2. The lowest BCUT2D eigenvalue weighted by Gasteiger charge is -2.25. The molecule has 1 aromatic rings. The van der Waals surface area contributed by atoms with Crippen molar-refractivity contribution in [1.82, 2.24) is 9.97 Å². The number of hydrogen-bond acceptors (Lipinski definition) is 4. The van der Waals surface area contributed by atoms with E-state index in [0.717, 1.165) is 28.9 Å². The summed E-state index contributed by atoms with van der Waals surface area (Å²) in [5.74, 6) is 3.57. The van der Waals surface area contributed by atoms with Gasteiger partial charge in [-0.2, -0.15) is 0 Å². The highest BCUT2D eigenvalue weighted by molar-refractivity contribution is 5.57. The third-order valence-electron chi connectivity index (χ3n) is 4.52. The summed E-state index contributed by atoms with van der Waals surface area (Å²) >= 11 is 0. The number of anilines is 2. The van der Waals surface area contributed by atoms with Gasteiger partial charge in [-0.25, -0.2) is 9.97 Å². The largest absolute Gasteiger partial charge is 0.373 e. The second kappa shape index (κ2) is 6.20. The van der Waals surface area contributed by atoms with Crippen molar-refractivity contribution >= 4 is 11.6 Å². The van der Waals surface area contributed by atoms with Crippen LogP contribution in [0.4, 0.5) is 11.6 Å². The van der Waals surface area contributed by atoms with Gasteiger partial charge in [-0.3, -0.25) is 0 Å². The van der Waals surface area contributed by atoms with Crippen LogP contribution in [0.1, 0.15) is 64.8 Å². The van der Waals surface area contributed by atoms with Crippen molar-refractivity contribution in [3.05, 3.63) is 11.4 Å². The quantitative estimate of drug-likeness (QED) is 0.876. The van der Waals surface area contributed by atoms with E-state index in [0.29, 0.717) is 6.04 Å². The van der Waals surface area contributed by atoms with E-state index in [1.54, 1.807) is 0 Å². The molecule has 0 aromatic carbocycles. The molecule has 1 fully saturated rings. The van der Waals surface area contributed by atoms with Gasteiger partial charge in [0.15, 0.2) is 0 Å². The zero-order valence-electron chi connectivity index (χ0n) is 14.4. The maximum absolute atomic E-state index is 4.80. The molecular weight excluding hydrogens is 260 g/mol. The fraction of sp³-hybridized carbons (Fsp3) is 0.765. The minimum absolute atomic E-state index is 0.0493. The number of nitrogens with zero attached hydrogens (tertiary/aromatic N) is 2. The summed E-state index contributed by atoms with van der Waals surface area (Å²) in [4.78, 5) is 9.47. The second-order valence-corrected chi connectivity index (χ2v) is 7.35. The Morgan fingerprint density at radius 1 is 1.10 bits per heavy atom. The van der Waals surface area contributed by atoms with E-state index < -0.39 is 0 Å². The molecule has 1 heterocycles. The van der Waals surface area contributed by atoms with E-state index in [2.05, 4.69) is 50.2 Å². The van der Waals surface area contributed by atoms with Gasteiger partial charge in [0.25, 0.3) is 0 Å². The molecule has 0 aliphatic heterocycles. The highest BCUT2D eigenvalue weighted by Gasteiger charge is 2.25. The van der Waals surface area contributed by atoms with E-state index in [-0.39, 0.29) is 5.41 Å². The van der Waals surface area contributed by atoms with Crippen molar-refractivity contribution in [2.24, 2.45) is 5.92 Å². The summed E-state index contributed by atoms with van der Waals surface area (Å²) < 4.78 is 0. The highest BCUT2D eigenvalue weighted by Crippen LogP contribution is 2.31. The molecule has 4 heteroatoms. The van der Waals surface area contributed by atoms with E-state index in [4.69, 9.17) is 4.98 Å². The third-order valence-corrected chi connectivity index (χ3v) is 4.52. The lowest BCUT2D eigenvalue weighted by Crippen LogP contribution is -2.26. The predicted octanol–water partition coefficient (Wildman–Crippen LogP) is 4.11. The van der Waals surface area contributed by atoms with Crippen LogP contribution in [0, 0.1) is 12.8 Å². The molecule has 4 nitrogen and oxygen atoms in total. The fourth-order valence-electron chi connectivity index (χ4n) is 3.03. The van der Waals surface area contributed by atoms with Crippen LogP contribution in [0.25, 0.3) is 0 Å². The van der Waals surface area contributed by atoms with E-state index in [1.807, 2.05) is 7.05 Å². The van der Waals surface area contributed by atoms with Crippen LogP contribution >= 0.6 is 0 Å². The van der Waals surface area contributed by atoms with Gasteiger partial charge >= 0.3 is 0 Å². The zero-order valence-corrected chi connectivity index (χ0v) is 14.4. The Labute approximate surface area is 129 Å². The van der Waals surface area contributed by atoms with Gasteiger partial charge in [-0.15, -0.1) is 0 Å². The van der Waals surface area contributed by atoms with Crippen LogP contribution in [-0.2, 0) is 5.41 Å². The van der Waals surface area contributed by atoms with Crippen LogP contribution in [-0.4, -0.2) is 23.1 Å². The fourth-order valence-corrected chi connectivity index (χ4v) is 3.03. The van der Waals surface area contributed by atoms with Crippen molar-refractivity contribution in [1.29, 1.82) is 0 Å². The third kappa shape index (κ3) is 3.66. The predicted molar refractivity (Wildman–Crippen MR) is 90.1 cm³/mol. The zero-order chi connectivity index (χ0) is 15.6. The van der Waals surface area contributed by atoms with E-state index >= 15 is 0 Å². The molecule has 0 radical (unpaired) electrons. The minimum atomic E-state index is -0.0493. The van der Waals surface area contributed by atoms with E-state index in [1.165, 1.54) is 25.7 Å². The van der Waals surface area contributed by atoms with Gasteiger partial charge < -0.3 is 10.6 Å². The van der Waals surface area contributed by atoms with Crippen LogP contribution < -0.4 is 10.6 Å². The lowest BCUT2D eigenvalue weighted by molar-refractivity contribution is 0.479. The Kier molecular flexibility index (Phi) is 4.74. The van der Waals surface area contributed by atoms with Crippen molar-refractivity contribution in [2.45, 2.75) is 71.8 Å². The first-order valence-electron chi connectivity index (χ1n) is 8.16. The second-order valence-electron chi connectivity index (χ2n) is 7.35. The van der Waals surface area contributed by atoms with E-state index in [9.17, 15) is 0 Å². The average Bonchev–Trinajstić information content (AvgIpc) is 2.93. The summed E-state index contributed by atoms with van der Waals surface area (Å²) in [6.45, 7) is 10.8. The van der Waals surface area contributed by atoms with Crippen LogP contribution in [0.15, 0.2) is 0 Å². The number of hydrogen-bond donors (Lipinski definition) is 2. The minimum Gasteiger partial charge on any atom is -0.373 e. The van der Waals surface area contributed by atoms with Crippen molar-refractivity contribution in [3.63, 3.8) is 0 Å². The maximum atomic E-state index is 4.80. The monoisotopic (exact) mass is 290 g/mol. The molecule has 0 spiro atoms. The maximum Gasteiger partial charge on any atom is 0.138 e. The Morgan fingerprint density at radius 3 is 2.19 bits per heavy atom. The van der Waals surface area contributed by atoms with Gasteiger partial charge in [-0.1, -0.05) is 33.6 Å². The Morgan fingerprint density at radius 2 is 1.67 bits per heavy atom. The Bertz CT molecular complexity index is 484. The Balaban J connectivity index is 2.28. The molecule has 1 aromatic heterocycles. The van der Waals surface area contributed by atoms with Crippen molar-refractivity contribution in [3.8, 4) is 0 Å². The molecule has 118 valence electrons. The molecule has 1 aliphatic rings. The lowest BCUT2D eigenvalue weighted by atomic mass is 9.95. The van der Waals surface area contributed by atoms with Gasteiger partial charge in [-0.05, 0) is 32.6 Å². The summed E-state index contributed by atoms with van der Waals surface area (Å²) in [7, 11) is 1.92. The van der Waals surface area contributed by atoms with Crippen LogP contribution in [0.5, 0.6) is 0 Å². The standard InChI is InChI=1S/C17H30N4/c1-11-14(18-6)20-16(17(3,4)5)21-15(11)19-12(2)13-9-7-8-10-13/h12-13H,7-10H2,1-6H3,(H2,18,19,20,21). The molecule has 1 aliphatic carbocycles. The van der Waals surface area contributed by atoms with Gasteiger partial charge in [0, 0.05) is 24.1 Å². The molecule has 2 rings (SSSR count). The Hall–Kier alpha value is -1.32. The molecule has 0 bridgehead atoms.